The molecule has 2 aliphatic rings. The predicted molar refractivity (Wildman–Crippen MR) is 68.7 cm³/mol. The van der Waals surface area contributed by atoms with Crippen LogP contribution in [0.4, 0.5) is 0 Å². The van der Waals surface area contributed by atoms with Crippen LogP contribution in [-0.2, 0) is 4.79 Å². The van der Waals surface area contributed by atoms with E-state index in [4.69, 9.17) is 0 Å². The monoisotopic (exact) mass is 242 g/mol. The average Bonchev–Trinajstić information content (AvgIpc) is 3.13. The Labute approximate surface area is 102 Å². The van der Waals surface area contributed by atoms with Gasteiger partial charge in [-0.05, 0) is 49.7 Å². The van der Waals surface area contributed by atoms with Crippen LogP contribution in [0.1, 0.15) is 25.7 Å². The maximum absolute atomic E-state index is 11.7. The van der Waals surface area contributed by atoms with Crippen LogP contribution in [0.25, 0.3) is 0 Å². The zero-order chi connectivity index (χ0) is 11.4. The number of hydrogen-bond acceptors (Lipinski definition) is 3. The van der Waals surface area contributed by atoms with Crippen LogP contribution in [0.2, 0.25) is 0 Å². The molecule has 1 saturated carbocycles. The van der Waals surface area contributed by atoms with Crippen molar-refractivity contribution in [2.45, 2.75) is 31.7 Å². The lowest BCUT2D eigenvalue weighted by atomic mass is 10.0. The topological polar surface area (TPSA) is 32.3 Å². The first kappa shape index (κ1) is 12.2. The summed E-state index contributed by atoms with van der Waals surface area (Å²) in [7, 11) is 1.93. The molecule has 92 valence electrons. The second-order valence-electron chi connectivity index (χ2n) is 4.92. The standard InChI is InChI=1S/C12H22N2OS/c1-14(11-2-3-11)12(15)9-13-8-10-4-6-16-7-5-10/h10-11,13H,2-9H2,1H3. The second-order valence-corrected chi connectivity index (χ2v) is 6.15. The van der Waals surface area contributed by atoms with Gasteiger partial charge in [0.05, 0.1) is 6.54 Å². The van der Waals surface area contributed by atoms with E-state index in [9.17, 15) is 4.79 Å². The molecule has 0 aromatic rings. The molecule has 4 heteroatoms. The van der Waals surface area contributed by atoms with Gasteiger partial charge in [0.15, 0.2) is 0 Å². The third-order valence-electron chi connectivity index (χ3n) is 3.54. The summed E-state index contributed by atoms with van der Waals surface area (Å²) in [6.45, 7) is 1.54. The largest absolute Gasteiger partial charge is 0.342 e. The Morgan fingerprint density at radius 2 is 2.00 bits per heavy atom. The van der Waals surface area contributed by atoms with Crippen molar-refractivity contribution in [2.24, 2.45) is 5.92 Å². The van der Waals surface area contributed by atoms with Gasteiger partial charge in [-0.25, -0.2) is 0 Å². The summed E-state index contributed by atoms with van der Waals surface area (Å²) in [5.74, 6) is 3.64. The Morgan fingerprint density at radius 1 is 1.31 bits per heavy atom. The number of rotatable bonds is 5. The number of likely N-dealkylation sites (N-methyl/N-ethyl adjacent to an activating group) is 1. The molecule has 0 aromatic carbocycles. The Kier molecular flexibility index (Phi) is 4.53. The van der Waals surface area contributed by atoms with Crippen molar-refractivity contribution in [3.8, 4) is 0 Å². The first-order chi connectivity index (χ1) is 7.77. The van der Waals surface area contributed by atoms with Gasteiger partial charge >= 0.3 is 0 Å². The van der Waals surface area contributed by atoms with Crippen molar-refractivity contribution in [3.05, 3.63) is 0 Å². The second kappa shape index (κ2) is 5.92. The molecular formula is C12H22N2OS. The summed E-state index contributed by atoms with van der Waals surface area (Å²) in [6, 6.07) is 0.542. The fraction of sp³-hybridized carbons (Fsp3) is 0.917. The minimum atomic E-state index is 0.257. The molecule has 1 N–H and O–H groups in total. The number of nitrogens with one attached hydrogen (secondary N) is 1. The molecule has 2 rings (SSSR count). The highest BCUT2D eigenvalue weighted by Gasteiger charge is 2.29. The lowest BCUT2D eigenvalue weighted by Crippen LogP contribution is -2.38. The minimum Gasteiger partial charge on any atom is -0.342 e. The van der Waals surface area contributed by atoms with Gasteiger partial charge in [-0.3, -0.25) is 4.79 Å². The Hall–Kier alpha value is -0.220. The van der Waals surface area contributed by atoms with Gasteiger partial charge in [0, 0.05) is 13.1 Å². The Morgan fingerprint density at radius 3 is 2.62 bits per heavy atom. The van der Waals surface area contributed by atoms with Crippen molar-refractivity contribution >= 4 is 17.7 Å². The quantitative estimate of drug-likeness (QED) is 0.789. The molecule has 16 heavy (non-hydrogen) atoms. The van der Waals surface area contributed by atoms with Crippen LogP contribution >= 0.6 is 11.8 Å². The fourth-order valence-electron chi connectivity index (χ4n) is 2.12. The molecule has 0 aromatic heterocycles. The highest BCUT2D eigenvalue weighted by atomic mass is 32.2. The minimum absolute atomic E-state index is 0.257. The van der Waals surface area contributed by atoms with Gasteiger partial charge in [-0.15, -0.1) is 0 Å². The third kappa shape index (κ3) is 3.67. The van der Waals surface area contributed by atoms with E-state index in [-0.39, 0.29) is 5.91 Å². The summed E-state index contributed by atoms with van der Waals surface area (Å²) >= 11 is 2.05. The van der Waals surface area contributed by atoms with Crippen LogP contribution in [0.15, 0.2) is 0 Å². The first-order valence-electron chi connectivity index (χ1n) is 6.31. The maximum atomic E-state index is 11.7. The van der Waals surface area contributed by atoms with Crippen molar-refractivity contribution in [2.75, 3.05) is 31.6 Å². The van der Waals surface area contributed by atoms with E-state index in [1.165, 1.54) is 37.2 Å². The van der Waals surface area contributed by atoms with E-state index in [1.807, 2.05) is 11.9 Å². The lowest BCUT2D eigenvalue weighted by Gasteiger charge is -2.22. The molecule has 2 fully saturated rings. The smallest absolute Gasteiger partial charge is 0.236 e. The third-order valence-corrected chi connectivity index (χ3v) is 4.59. The fourth-order valence-corrected chi connectivity index (χ4v) is 3.33. The van der Waals surface area contributed by atoms with E-state index < -0.39 is 0 Å². The molecule has 0 bridgehead atoms. The van der Waals surface area contributed by atoms with Crippen LogP contribution in [-0.4, -0.2) is 48.5 Å². The van der Waals surface area contributed by atoms with E-state index >= 15 is 0 Å². The zero-order valence-electron chi connectivity index (χ0n) is 10.1. The van der Waals surface area contributed by atoms with Gasteiger partial charge in [0.1, 0.15) is 0 Å². The molecule has 0 unspecified atom stereocenters. The Bertz CT molecular complexity index is 237. The van der Waals surface area contributed by atoms with Crippen molar-refractivity contribution in [1.29, 1.82) is 0 Å². The number of carbonyl (C=O) groups excluding carboxylic acids is 1. The summed E-state index contributed by atoms with van der Waals surface area (Å²) in [6.07, 6.45) is 5.01. The van der Waals surface area contributed by atoms with E-state index in [1.54, 1.807) is 0 Å². The van der Waals surface area contributed by atoms with Crippen LogP contribution in [0.3, 0.4) is 0 Å². The number of amides is 1. The van der Waals surface area contributed by atoms with Gasteiger partial charge in [-0.1, -0.05) is 0 Å². The van der Waals surface area contributed by atoms with E-state index in [0.29, 0.717) is 12.6 Å². The maximum Gasteiger partial charge on any atom is 0.236 e. The van der Waals surface area contributed by atoms with Gasteiger partial charge in [0.25, 0.3) is 0 Å². The molecule has 1 aliphatic heterocycles. The number of carbonyl (C=O) groups is 1. The predicted octanol–water partition coefficient (Wildman–Crippen LogP) is 1.34. The molecule has 1 saturated heterocycles. The Balaban J connectivity index is 1.57. The first-order valence-corrected chi connectivity index (χ1v) is 7.47. The van der Waals surface area contributed by atoms with Crippen LogP contribution in [0.5, 0.6) is 0 Å². The molecule has 1 amide bonds. The molecule has 1 heterocycles. The van der Waals surface area contributed by atoms with E-state index in [0.717, 1.165) is 12.5 Å². The molecular weight excluding hydrogens is 220 g/mol. The van der Waals surface area contributed by atoms with Crippen molar-refractivity contribution in [1.82, 2.24) is 10.2 Å². The van der Waals surface area contributed by atoms with Crippen molar-refractivity contribution < 1.29 is 4.79 Å². The van der Waals surface area contributed by atoms with Gasteiger partial charge in [0.2, 0.25) is 5.91 Å². The van der Waals surface area contributed by atoms with Gasteiger partial charge < -0.3 is 10.2 Å². The summed E-state index contributed by atoms with van der Waals surface area (Å²) in [4.78, 5) is 13.6. The van der Waals surface area contributed by atoms with Crippen LogP contribution in [0, 0.1) is 5.92 Å². The van der Waals surface area contributed by atoms with Gasteiger partial charge in [-0.2, -0.15) is 11.8 Å². The average molecular weight is 242 g/mol. The highest BCUT2D eigenvalue weighted by molar-refractivity contribution is 7.99. The van der Waals surface area contributed by atoms with Crippen molar-refractivity contribution in [3.63, 3.8) is 0 Å². The number of hydrogen-bond donors (Lipinski definition) is 1. The zero-order valence-corrected chi connectivity index (χ0v) is 10.9. The SMILES string of the molecule is CN(C(=O)CNCC1CCSCC1)C1CC1. The summed E-state index contributed by atoms with van der Waals surface area (Å²) in [5, 5.41) is 3.32. The molecule has 0 radical (unpaired) electrons. The molecule has 0 atom stereocenters. The van der Waals surface area contributed by atoms with Crippen LogP contribution < -0.4 is 5.32 Å². The summed E-state index contributed by atoms with van der Waals surface area (Å²) < 4.78 is 0. The molecule has 0 spiro atoms. The number of thioether (sulfide) groups is 1. The summed E-state index contributed by atoms with van der Waals surface area (Å²) in [5.41, 5.74) is 0. The molecule has 1 aliphatic carbocycles. The highest BCUT2D eigenvalue weighted by Crippen LogP contribution is 2.25. The normalized spacial score (nSPS) is 22.1. The lowest BCUT2D eigenvalue weighted by molar-refractivity contribution is -0.129. The molecule has 3 nitrogen and oxygen atoms in total. The van der Waals surface area contributed by atoms with E-state index in [2.05, 4.69) is 17.1 Å². The number of nitrogens with zero attached hydrogens (tertiary/aromatic N) is 1.